The fourth-order valence-electron chi connectivity index (χ4n) is 1.87. The van der Waals surface area contributed by atoms with Crippen molar-refractivity contribution in [2.24, 2.45) is 5.41 Å². The maximum absolute atomic E-state index is 12.2. The van der Waals surface area contributed by atoms with E-state index in [-0.39, 0.29) is 5.91 Å². The van der Waals surface area contributed by atoms with Crippen molar-refractivity contribution in [3.8, 4) is 5.75 Å². The van der Waals surface area contributed by atoms with Gasteiger partial charge in [0.15, 0.2) is 6.10 Å². The Balaban J connectivity index is 2.45. The highest BCUT2D eigenvalue weighted by molar-refractivity contribution is 6.02. The molecule has 5 heteroatoms. The first-order chi connectivity index (χ1) is 8.35. The number of carboxylic acid groups (broad SMARTS) is 1. The lowest BCUT2D eigenvalue weighted by Crippen LogP contribution is -2.54. The average Bonchev–Trinajstić information content (AvgIpc) is 2.33. The number of carbonyl (C=O) groups excluding carboxylic acids is 1. The Morgan fingerprint density at radius 1 is 1.39 bits per heavy atom. The minimum absolute atomic E-state index is 0.346. The zero-order valence-electron chi connectivity index (χ0n) is 10.5. The topological polar surface area (TPSA) is 66.8 Å². The first kappa shape index (κ1) is 12.4. The second kappa shape index (κ2) is 4.01. The van der Waals surface area contributed by atoms with Gasteiger partial charge in [-0.15, -0.1) is 0 Å². The summed E-state index contributed by atoms with van der Waals surface area (Å²) in [7, 11) is 1.62. The predicted molar refractivity (Wildman–Crippen MR) is 65.7 cm³/mol. The largest absolute Gasteiger partial charge is 0.481 e. The number of aliphatic carboxylic acids is 1. The molecule has 0 fully saturated rings. The van der Waals surface area contributed by atoms with Gasteiger partial charge in [-0.2, -0.15) is 0 Å². The van der Waals surface area contributed by atoms with Crippen molar-refractivity contribution in [3.05, 3.63) is 24.3 Å². The zero-order valence-corrected chi connectivity index (χ0v) is 10.5. The van der Waals surface area contributed by atoms with Crippen LogP contribution in [0, 0.1) is 5.41 Å². The SMILES string of the molecule is CN1C(=O)C(C(C)(C)C(=O)O)Oc2ccccc21. The molecule has 1 aliphatic rings. The highest BCUT2D eigenvalue weighted by atomic mass is 16.5. The van der Waals surface area contributed by atoms with Gasteiger partial charge in [-0.3, -0.25) is 9.59 Å². The molecular formula is C13H15NO4. The van der Waals surface area contributed by atoms with Crippen LogP contribution >= 0.6 is 0 Å². The number of hydrogen-bond donors (Lipinski definition) is 1. The smallest absolute Gasteiger partial charge is 0.313 e. The summed E-state index contributed by atoms with van der Waals surface area (Å²) in [5, 5.41) is 9.19. The normalized spacial score (nSPS) is 19.2. The number of amides is 1. The lowest BCUT2D eigenvalue weighted by molar-refractivity contribution is -0.157. The standard InChI is InChI=1S/C13H15NO4/c1-13(2,12(16)17)10-11(15)14(3)8-6-4-5-7-9(8)18-10/h4-7,10H,1-3H3,(H,16,17). The van der Waals surface area contributed by atoms with E-state index >= 15 is 0 Å². The Morgan fingerprint density at radius 2 is 2.00 bits per heavy atom. The first-order valence-electron chi connectivity index (χ1n) is 5.62. The average molecular weight is 249 g/mol. The summed E-state index contributed by atoms with van der Waals surface area (Å²) in [5.41, 5.74) is -0.626. The minimum atomic E-state index is -1.28. The molecule has 0 spiro atoms. The number of carbonyl (C=O) groups is 2. The molecule has 0 saturated carbocycles. The third-order valence-electron chi connectivity index (χ3n) is 3.23. The van der Waals surface area contributed by atoms with Crippen LogP contribution in [0.3, 0.4) is 0 Å². The molecule has 96 valence electrons. The van der Waals surface area contributed by atoms with E-state index in [1.807, 2.05) is 0 Å². The highest BCUT2D eigenvalue weighted by Gasteiger charge is 2.47. The second-order valence-corrected chi connectivity index (χ2v) is 4.89. The van der Waals surface area contributed by atoms with Crippen LogP contribution in [-0.2, 0) is 9.59 Å². The van der Waals surface area contributed by atoms with Gasteiger partial charge in [0.1, 0.15) is 11.2 Å². The van der Waals surface area contributed by atoms with Gasteiger partial charge in [0.25, 0.3) is 5.91 Å². The van der Waals surface area contributed by atoms with E-state index in [1.54, 1.807) is 31.3 Å². The minimum Gasteiger partial charge on any atom is -0.481 e. The maximum atomic E-state index is 12.2. The Kier molecular flexibility index (Phi) is 2.77. The van der Waals surface area contributed by atoms with Crippen LogP contribution in [-0.4, -0.2) is 30.1 Å². The van der Waals surface area contributed by atoms with Gasteiger partial charge in [-0.1, -0.05) is 12.1 Å². The zero-order chi connectivity index (χ0) is 13.5. The number of anilines is 1. The van der Waals surface area contributed by atoms with Crippen LogP contribution in [0.5, 0.6) is 5.75 Å². The molecule has 1 N–H and O–H groups in total. The summed E-state index contributed by atoms with van der Waals surface area (Å²) in [5.74, 6) is -0.881. The number of ether oxygens (including phenoxy) is 1. The second-order valence-electron chi connectivity index (χ2n) is 4.89. The summed E-state index contributed by atoms with van der Waals surface area (Å²) < 4.78 is 5.57. The molecule has 0 aromatic heterocycles. The molecule has 5 nitrogen and oxygen atoms in total. The van der Waals surface area contributed by atoms with Gasteiger partial charge >= 0.3 is 5.97 Å². The molecule has 1 atom stereocenters. The molecule has 1 aliphatic heterocycles. The fourth-order valence-corrected chi connectivity index (χ4v) is 1.87. The van der Waals surface area contributed by atoms with Crippen LogP contribution in [0.2, 0.25) is 0 Å². The summed E-state index contributed by atoms with van der Waals surface area (Å²) in [6, 6.07) is 7.07. The number of rotatable bonds is 2. The number of carboxylic acids is 1. The van der Waals surface area contributed by atoms with Crippen molar-refractivity contribution in [1.82, 2.24) is 0 Å². The number of nitrogens with zero attached hydrogens (tertiary/aromatic N) is 1. The number of fused-ring (bicyclic) bond motifs is 1. The van der Waals surface area contributed by atoms with Crippen LogP contribution < -0.4 is 9.64 Å². The molecule has 0 saturated heterocycles. The molecule has 0 aliphatic carbocycles. The fraction of sp³-hybridized carbons (Fsp3) is 0.385. The third kappa shape index (κ3) is 1.72. The summed E-state index contributed by atoms with van der Waals surface area (Å²) in [6.45, 7) is 2.97. The van der Waals surface area contributed by atoms with E-state index in [4.69, 9.17) is 4.74 Å². The summed E-state index contributed by atoms with van der Waals surface area (Å²) in [6.07, 6.45) is -1.02. The molecule has 0 bridgehead atoms. The number of hydrogen-bond acceptors (Lipinski definition) is 3. The van der Waals surface area contributed by atoms with E-state index in [9.17, 15) is 14.7 Å². The molecule has 0 radical (unpaired) electrons. The molecule has 1 aromatic rings. The summed E-state index contributed by atoms with van der Waals surface area (Å²) >= 11 is 0. The quantitative estimate of drug-likeness (QED) is 0.863. The molecule has 1 aromatic carbocycles. The van der Waals surface area contributed by atoms with Crippen LogP contribution in [0.25, 0.3) is 0 Å². The van der Waals surface area contributed by atoms with Gasteiger partial charge in [-0.25, -0.2) is 0 Å². The molecule has 1 heterocycles. The molecule has 1 amide bonds. The van der Waals surface area contributed by atoms with E-state index in [2.05, 4.69) is 0 Å². The van der Waals surface area contributed by atoms with Crippen LogP contribution in [0.4, 0.5) is 5.69 Å². The monoisotopic (exact) mass is 249 g/mol. The Bertz CT molecular complexity index is 509. The maximum Gasteiger partial charge on any atom is 0.313 e. The van der Waals surface area contributed by atoms with Crippen molar-refractivity contribution >= 4 is 17.6 Å². The summed E-state index contributed by atoms with van der Waals surface area (Å²) in [4.78, 5) is 24.8. The highest BCUT2D eigenvalue weighted by Crippen LogP contribution is 2.37. The number of para-hydroxylation sites is 2. The molecular weight excluding hydrogens is 234 g/mol. The van der Waals surface area contributed by atoms with E-state index in [0.29, 0.717) is 11.4 Å². The number of likely N-dealkylation sites (N-methyl/N-ethyl adjacent to an activating group) is 1. The van der Waals surface area contributed by atoms with Gasteiger partial charge in [0.05, 0.1) is 5.69 Å². The molecule has 18 heavy (non-hydrogen) atoms. The van der Waals surface area contributed by atoms with Crippen molar-refractivity contribution in [3.63, 3.8) is 0 Å². The van der Waals surface area contributed by atoms with E-state index < -0.39 is 17.5 Å². The molecule has 2 rings (SSSR count). The van der Waals surface area contributed by atoms with Gasteiger partial charge in [-0.05, 0) is 26.0 Å². The van der Waals surface area contributed by atoms with Crippen molar-refractivity contribution < 1.29 is 19.4 Å². The van der Waals surface area contributed by atoms with Crippen molar-refractivity contribution in [1.29, 1.82) is 0 Å². The Morgan fingerprint density at radius 3 is 2.61 bits per heavy atom. The van der Waals surface area contributed by atoms with Crippen LogP contribution in [0.15, 0.2) is 24.3 Å². The Hall–Kier alpha value is -2.04. The van der Waals surface area contributed by atoms with E-state index in [1.165, 1.54) is 18.7 Å². The van der Waals surface area contributed by atoms with Crippen LogP contribution in [0.1, 0.15) is 13.8 Å². The predicted octanol–water partition coefficient (Wildman–Crippen LogP) is 1.52. The van der Waals surface area contributed by atoms with Crippen molar-refractivity contribution in [2.45, 2.75) is 20.0 Å². The third-order valence-corrected chi connectivity index (χ3v) is 3.23. The lowest BCUT2D eigenvalue weighted by atomic mass is 9.85. The van der Waals surface area contributed by atoms with Gasteiger partial charge in [0.2, 0.25) is 0 Å². The first-order valence-corrected chi connectivity index (χ1v) is 5.62. The Labute approximate surface area is 105 Å². The number of benzene rings is 1. The van der Waals surface area contributed by atoms with E-state index in [0.717, 1.165) is 0 Å². The van der Waals surface area contributed by atoms with Gasteiger partial charge < -0.3 is 14.7 Å². The van der Waals surface area contributed by atoms with Crippen molar-refractivity contribution in [2.75, 3.05) is 11.9 Å². The molecule has 1 unspecified atom stereocenters. The lowest BCUT2D eigenvalue weighted by Gasteiger charge is -2.37. The van der Waals surface area contributed by atoms with Gasteiger partial charge in [0, 0.05) is 7.05 Å².